The Morgan fingerprint density at radius 3 is 2.39 bits per heavy atom. The Labute approximate surface area is 195 Å². The lowest BCUT2D eigenvalue weighted by Crippen LogP contribution is -2.05. The highest BCUT2D eigenvalue weighted by molar-refractivity contribution is 7.98. The molecule has 1 aromatic heterocycles. The molecule has 0 radical (unpaired) electrons. The summed E-state index contributed by atoms with van der Waals surface area (Å²) in [6, 6.07) is 20.4. The van der Waals surface area contributed by atoms with Crippen LogP contribution in [0.5, 0.6) is 0 Å². The third-order valence-electron chi connectivity index (χ3n) is 4.94. The first-order valence-electron chi connectivity index (χ1n) is 9.82. The highest BCUT2D eigenvalue weighted by atomic mass is 35.5. The summed E-state index contributed by atoms with van der Waals surface area (Å²) in [7, 11) is 0. The van der Waals surface area contributed by atoms with Gasteiger partial charge in [-0.15, -0.1) is 10.2 Å². The molecule has 0 fully saturated rings. The first-order chi connectivity index (χ1) is 15.0. The van der Waals surface area contributed by atoms with Crippen LogP contribution in [0.1, 0.15) is 30.9 Å². The SMILES string of the molecule is CC(C)c1ccccc1-n1c(SCc2c(F)cccc2Cl)nnc1-c1ccc(Cl)cc1. The maximum atomic E-state index is 14.3. The van der Waals surface area contributed by atoms with Gasteiger partial charge in [-0.3, -0.25) is 4.57 Å². The van der Waals surface area contributed by atoms with Gasteiger partial charge in [-0.2, -0.15) is 0 Å². The second-order valence-corrected chi connectivity index (χ2v) is 9.14. The molecule has 0 aliphatic rings. The maximum absolute atomic E-state index is 14.3. The molecule has 0 aliphatic carbocycles. The van der Waals surface area contributed by atoms with Gasteiger partial charge >= 0.3 is 0 Å². The van der Waals surface area contributed by atoms with Crippen molar-refractivity contribution in [2.45, 2.75) is 30.7 Å². The fraction of sp³-hybridized carbons (Fsp3) is 0.167. The number of halogens is 3. The molecule has 31 heavy (non-hydrogen) atoms. The van der Waals surface area contributed by atoms with E-state index in [1.165, 1.54) is 23.4 Å². The number of para-hydroxylation sites is 1. The van der Waals surface area contributed by atoms with Crippen LogP contribution in [0.25, 0.3) is 17.1 Å². The van der Waals surface area contributed by atoms with Crippen LogP contribution >= 0.6 is 35.0 Å². The monoisotopic (exact) mass is 471 g/mol. The van der Waals surface area contributed by atoms with E-state index in [2.05, 4.69) is 36.2 Å². The topological polar surface area (TPSA) is 30.7 Å². The zero-order chi connectivity index (χ0) is 22.0. The van der Waals surface area contributed by atoms with Gasteiger partial charge in [0, 0.05) is 26.9 Å². The van der Waals surface area contributed by atoms with Gasteiger partial charge in [-0.25, -0.2) is 4.39 Å². The molecule has 3 aromatic carbocycles. The number of hydrogen-bond acceptors (Lipinski definition) is 3. The molecule has 0 unspecified atom stereocenters. The summed E-state index contributed by atoms with van der Waals surface area (Å²) < 4.78 is 16.3. The number of aromatic nitrogens is 3. The normalized spacial score (nSPS) is 11.3. The van der Waals surface area contributed by atoms with Gasteiger partial charge in [-0.1, -0.05) is 73.1 Å². The second-order valence-electron chi connectivity index (χ2n) is 7.35. The average Bonchev–Trinajstić information content (AvgIpc) is 3.17. The smallest absolute Gasteiger partial charge is 0.196 e. The molecule has 4 rings (SSSR count). The van der Waals surface area contributed by atoms with Gasteiger partial charge in [-0.05, 0) is 53.9 Å². The van der Waals surface area contributed by atoms with Crippen LogP contribution in [0.15, 0.2) is 71.9 Å². The van der Waals surface area contributed by atoms with Gasteiger partial charge in [0.15, 0.2) is 11.0 Å². The van der Waals surface area contributed by atoms with Crippen molar-refractivity contribution in [3.63, 3.8) is 0 Å². The van der Waals surface area contributed by atoms with Crippen molar-refractivity contribution in [1.29, 1.82) is 0 Å². The van der Waals surface area contributed by atoms with Crippen molar-refractivity contribution in [1.82, 2.24) is 14.8 Å². The molecule has 0 atom stereocenters. The van der Waals surface area contributed by atoms with Crippen LogP contribution in [0.3, 0.4) is 0 Å². The molecule has 0 N–H and O–H groups in total. The van der Waals surface area contributed by atoms with Crippen molar-refractivity contribution < 1.29 is 4.39 Å². The van der Waals surface area contributed by atoms with Gasteiger partial charge in [0.25, 0.3) is 0 Å². The lowest BCUT2D eigenvalue weighted by Gasteiger charge is -2.17. The van der Waals surface area contributed by atoms with E-state index in [-0.39, 0.29) is 5.82 Å². The zero-order valence-electron chi connectivity index (χ0n) is 17.0. The third kappa shape index (κ3) is 4.64. The molecule has 0 spiro atoms. The predicted octanol–water partition coefficient (Wildman–Crippen LogP) is 7.80. The van der Waals surface area contributed by atoms with Gasteiger partial charge < -0.3 is 0 Å². The number of rotatable bonds is 6. The molecule has 0 saturated carbocycles. The van der Waals surface area contributed by atoms with Crippen LogP contribution in [0.4, 0.5) is 4.39 Å². The minimum atomic E-state index is -0.327. The van der Waals surface area contributed by atoms with E-state index in [9.17, 15) is 4.39 Å². The molecule has 1 heterocycles. The Kier molecular flexibility index (Phi) is 6.65. The molecule has 0 bridgehead atoms. The first kappa shape index (κ1) is 21.9. The maximum Gasteiger partial charge on any atom is 0.196 e. The predicted molar refractivity (Wildman–Crippen MR) is 127 cm³/mol. The molecule has 0 aliphatic heterocycles. The Morgan fingerprint density at radius 2 is 1.68 bits per heavy atom. The minimum Gasteiger partial charge on any atom is -0.270 e. The summed E-state index contributed by atoms with van der Waals surface area (Å²) in [5.41, 5.74) is 3.51. The largest absolute Gasteiger partial charge is 0.270 e. The Balaban J connectivity index is 1.82. The summed E-state index contributed by atoms with van der Waals surface area (Å²) in [5, 5.41) is 10.6. The van der Waals surface area contributed by atoms with E-state index in [1.54, 1.807) is 12.1 Å². The van der Waals surface area contributed by atoms with E-state index in [1.807, 2.05) is 41.0 Å². The van der Waals surface area contributed by atoms with Crippen molar-refractivity contribution in [3.8, 4) is 17.1 Å². The fourth-order valence-electron chi connectivity index (χ4n) is 3.35. The molecule has 3 nitrogen and oxygen atoms in total. The summed E-state index contributed by atoms with van der Waals surface area (Å²) >= 11 is 13.7. The van der Waals surface area contributed by atoms with E-state index in [0.29, 0.717) is 38.3 Å². The zero-order valence-corrected chi connectivity index (χ0v) is 19.3. The van der Waals surface area contributed by atoms with Crippen molar-refractivity contribution in [2.24, 2.45) is 0 Å². The van der Waals surface area contributed by atoms with Crippen molar-refractivity contribution >= 4 is 35.0 Å². The standard InChI is InChI=1S/C24H20Cl2FN3S/c1-15(2)18-6-3-4-9-22(18)30-23(16-10-12-17(25)13-11-16)28-29-24(30)31-14-19-20(26)7-5-8-21(19)27/h3-13,15H,14H2,1-2H3. The molecule has 7 heteroatoms. The fourth-order valence-corrected chi connectivity index (χ4v) is 4.77. The lowest BCUT2D eigenvalue weighted by atomic mass is 10.0. The van der Waals surface area contributed by atoms with E-state index >= 15 is 0 Å². The summed E-state index contributed by atoms with van der Waals surface area (Å²) in [6.07, 6.45) is 0. The van der Waals surface area contributed by atoms with Crippen LogP contribution < -0.4 is 0 Å². The number of thioether (sulfide) groups is 1. The Bertz CT molecular complexity index is 1190. The molecular weight excluding hydrogens is 452 g/mol. The van der Waals surface area contributed by atoms with Crippen molar-refractivity contribution in [3.05, 3.63) is 93.7 Å². The third-order valence-corrected chi connectivity index (χ3v) is 6.50. The number of benzene rings is 3. The van der Waals surface area contributed by atoms with Crippen molar-refractivity contribution in [2.75, 3.05) is 0 Å². The van der Waals surface area contributed by atoms with Gasteiger partial charge in [0.2, 0.25) is 0 Å². The van der Waals surface area contributed by atoms with Crippen LogP contribution in [0.2, 0.25) is 10.0 Å². The Morgan fingerprint density at radius 1 is 0.935 bits per heavy atom. The first-order valence-corrected chi connectivity index (χ1v) is 11.6. The van der Waals surface area contributed by atoms with E-state index < -0.39 is 0 Å². The highest BCUT2D eigenvalue weighted by Gasteiger charge is 2.20. The molecule has 158 valence electrons. The van der Waals surface area contributed by atoms with Gasteiger partial charge in [0.05, 0.1) is 5.69 Å². The summed E-state index contributed by atoms with van der Waals surface area (Å²) in [4.78, 5) is 0. The van der Waals surface area contributed by atoms with E-state index in [0.717, 1.165) is 11.3 Å². The van der Waals surface area contributed by atoms with Gasteiger partial charge in [0.1, 0.15) is 5.82 Å². The molecule has 4 aromatic rings. The molecular formula is C24H20Cl2FN3S. The minimum absolute atomic E-state index is 0.301. The number of nitrogens with zero attached hydrogens (tertiary/aromatic N) is 3. The summed E-state index contributed by atoms with van der Waals surface area (Å²) in [5.74, 6) is 1.02. The lowest BCUT2D eigenvalue weighted by molar-refractivity contribution is 0.617. The van der Waals surface area contributed by atoms with Crippen LogP contribution in [0, 0.1) is 5.82 Å². The number of hydrogen-bond donors (Lipinski definition) is 0. The quantitative estimate of drug-likeness (QED) is 0.268. The van der Waals surface area contributed by atoms with E-state index in [4.69, 9.17) is 23.2 Å². The Hall–Kier alpha value is -2.34. The molecule has 0 saturated heterocycles. The highest BCUT2D eigenvalue weighted by Crippen LogP contribution is 2.34. The molecule has 0 amide bonds. The average molecular weight is 472 g/mol. The second kappa shape index (κ2) is 9.43. The summed E-state index contributed by atoms with van der Waals surface area (Å²) in [6.45, 7) is 4.30. The van der Waals surface area contributed by atoms with Crippen LogP contribution in [-0.2, 0) is 5.75 Å². The van der Waals surface area contributed by atoms with Crippen LogP contribution in [-0.4, -0.2) is 14.8 Å².